The van der Waals surface area contributed by atoms with Crippen molar-refractivity contribution in [3.8, 4) is 22.6 Å². The SMILES string of the molecule is CCc1cccc2ncc(-c3ccc4c(c3C(C)C)OCCO4)cc12. The molecular weight excluding hydrogens is 310 g/mol. The highest BCUT2D eigenvalue weighted by atomic mass is 16.6. The van der Waals surface area contributed by atoms with E-state index in [2.05, 4.69) is 51.1 Å². The minimum atomic E-state index is 0.337. The summed E-state index contributed by atoms with van der Waals surface area (Å²) in [5.74, 6) is 2.08. The molecule has 3 nitrogen and oxygen atoms in total. The summed E-state index contributed by atoms with van der Waals surface area (Å²) in [7, 11) is 0. The molecule has 0 bridgehead atoms. The fraction of sp³-hybridized carbons (Fsp3) is 0.318. The summed E-state index contributed by atoms with van der Waals surface area (Å²) in [5, 5.41) is 1.23. The topological polar surface area (TPSA) is 31.4 Å². The maximum absolute atomic E-state index is 5.97. The zero-order valence-corrected chi connectivity index (χ0v) is 15.0. The van der Waals surface area contributed by atoms with Crippen LogP contribution >= 0.6 is 0 Å². The quantitative estimate of drug-likeness (QED) is 0.646. The van der Waals surface area contributed by atoms with Gasteiger partial charge in [-0.25, -0.2) is 0 Å². The predicted octanol–water partition coefficient (Wildman–Crippen LogP) is 5.36. The second kappa shape index (κ2) is 6.40. The van der Waals surface area contributed by atoms with Crippen molar-refractivity contribution in [3.63, 3.8) is 0 Å². The Kier molecular flexibility index (Phi) is 4.08. The Labute approximate surface area is 148 Å². The van der Waals surface area contributed by atoms with Gasteiger partial charge in [0.15, 0.2) is 11.5 Å². The first-order chi connectivity index (χ1) is 12.2. The first-order valence-corrected chi connectivity index (χ1v) is 8.99. The van der Waals surface area contributed by atoms with E-state index in [9.17, 15) is 0 Å². The number of hydrogen-bond donors (Lipinski definition) is 0. The van der Waals surface area contributed by atoms with Gasteiger partial charge < -0.3 is 9.47 Å². The van der Waals surface area contributed by atoms with Gasteiger partial charge in [-0.2, -0.15) is 0 Å². The second-order valence-corrected chi connectivity index (χ2v) is 6.77. The Morgan fingerprint density at radius 2 is 1.92 bits per heavy atom. The van der Waals surface area contributed by atoms with E-state index < -0.39 is 0 Å². The Balaban J connectivity index is 1.94. The maximum atomic E-state index is 5.97. The van der Waals surface area contributed by atoms with Crippen LogP contribution in [0.25, 0.3) is 22.0 Å². The van der Waals surface area contributed by atoms with E-state index >= 15 is 0 Å². The van der Waals surface area contributed by atoms with Crippen LogP contribution in [0.5, 0.6) is 11.5 Å². The number of pyridine rings is 1. The summed E-state index contributed by atoms with van der Waals surface area (Å²) in [6.07, 6.45) is 2.97. The van der Waals surface area contributed by atoms with Crippen LogP contribution in [0, 0.1) is 0 Å². The summed E-state index contributed by atoms with van der Waals surface area (Å²) in [5.41, 5.74) is 5.89. The number of aryl methyl sites for hydroxylation is 1. The minimum Gasteiger partial charge on any atom is -0.486 e. The fourth-order valence-corrected chi connectivity index (χ4v) is 3.63. The fourth-order valence-electron chi connectivity index (χ4n) is 3.63. The van der Waals surface area contributed by atoms with E-state index in [-0.39, 0.29) is 0 Å². The summed E-state index contributed by atoms with van der Waals surface area (Å²) < 4.78 is 11.7. The lowest BCUT2D eigenvalue weighted by Gasteiger charge is -2.25. The molecule has 25 heavy (non-hydrogen) atoms. The molecule has 0 unspecified atom stereocenters. The standard InChI is InChI=1S/C22H23NO2/c1-4-15-6-5-7-19-18(15)12-16(13-23-19)17-8-9-20-22(21(17)14(2)3)25-11-10-24-20/h5-9,12-14H,4,10-11H2,1-3H3. The van der Waals surface area contributed by atoms with Gasteiger partial charge in [0.2, 0.25) is 0 Å². The molecule has 3 heteroatoms. The van der Waals surface area contributed by atoms with Crippen LogP contribution in [0.3, 0.4) is 0 Å². The lowest BCUT2D eigenvalue weighted by Crippen LogP contribution is -2.17. The van der Waals surface area contributed by atoms with Gasteiger partial charge >= 0.3 is 0 Å². The number of benzene rings is 2. The van der Waals surface area contributed by atoms with Gasteiger partial charge in [0.1, 0.15) is 13.2 Å². The van der Waals surface area contributed by atoms with E-state index in [1.807, 2.05) is 12.3 Å². The Morgan fingerprint density at radius 1 is 1.08 bits per heavy atom. The number of nitrogens with zero attached hydrogens (tertiary/aromatic N) is 1. The molecular formula is C22H23NO2. The average Bonchev–Trinajstić information content (AvgIpc) is 2.66. The largest absolute Gasteiger partial charge is 0.486 e. The molecule has 0 fully saturated rings. The zero-order valence-electron chi connectivity index (χ0n) is 15.0. The molecule has 0 radical (unpaired) electrons. The highest BCUT2D eigenvalue weighted by molar-refractivity contribution is 5.87. The normalized spacial score (nSPS) is 13.4. The predicted molar refractivity (Wildman–Crippen MR) is 102 cm³/mol. The molecule has 2 heterocycles. The van der Waals surface area contributed by atoms with Crippen molar-refractivity contribution in [1.29, 1.82) is 0 Å². The second-order valence-electron chi connectivity index (χ2n) is 6.77. The molecule has 0 atom stereocenters. The molecule has 0 saturated carbocycles. The molecule has 1 aliphatic rings. The van der Waals surface area contributed by atoms with Crippen LogP contribution < -0.4 is 9.47 Å². The Hall–Kier alpha value is -2.55. The maximum Gasteiger partial charge on any atom is 0.165 e. The van der Waals surface area contributed by atoms with Gasteiger partial charge in [-0.15, -0.1) is 0 Å². The molecule has 2 aromatic carbocycles. The summed E-state index contributed by atoms with van der Waals surface area (Å²) in [6, 6.07) is 12.8. The number of hydrogen-bond acceptors (Lipinski definition) is 3. The highest BCUT2D eigenvalue weighted by Crippen LogP contribution is 2.44. The summed E-state index contributed by atoms with van der Waals surface area (Å²) >= 11 is 0. The summed E-state index contributed by atoms with van der Waals surface area (Å²) in [4.78, 5) is 4.71. The van der Waals surface area contributed by atoms with Gasteiger partial charge in [0, 0.05) is 22.7 Å². The van der Waals surface area contributed by atoms with E-state index in [0.717, 1.165) is 29.0 Å². The van der Waals surface area contributed by atoms with Crippen molar-refractivity contribution in [2.75, 3.05) is 13.2 Å². The van der Waals surface area contributed by atoms with Gasteiger partial charge in [-0.3, -0.25) is 4.98 Å². The third-order valence-corrected chi connectivity index (χ3v) is 4.83. The van der Waals surface area contributed by atoms with Crippen molar-refractivity contribution >= 4 is 10.9 Å². The lowest BCUT2D eigenvalue weighted by molar-refractivity contribution is 0.169. The van der Waals surface area contributed by atoms with E-state index in [0.29, 0.717) is 19.1 Å². The number of aromatic nitrogens is 1. The highest BCUT2D eigenvalue weighted by Gasteiger charge is 2.22. The molecule has 3 aromatic rings. The number of ether oxygens (including phenoxy) is 2. The van der Waals surface area contributed by atoms with Gasteiger partial charge in [-0.1, -0.05) is 39.0 Å². The number of rotatable bonds is 3. The zero-order chi connectivity index (χ0) is 17.4. The summed E-state index contributed by atoms with van der Waals surface area (Å²) in [6.45, 7) is 7.80. The van der Waals surface area contributed by atoms with Gasteiger partial charge in [0.25, 0.3) is 0 Å². The molecule has 1 aromatic heterocycles. The molecule has 0 N–H and O–H groups in total. The smallest absolute Gasteiger partial charge is 0.165 e. The lowest BCUT2D eigenvalue weighted by atomic mass is 9.91. The van der Waals surface area contributed by atoms with Crippen LogP contribution in [0.4, 0.5) is 0 Å². The third kappa shape index (κ3) is 2.74. The number of fused-ring (bicyclic) bond motifs is 2. The van der Waals surface area contributed by atoms with Crippen molar-refractivity contribution < 1.29 is 9.47 Å². The minimum absolute atomic E-state index is 0.337. The van der Waals surface area contributed by atoms with Crippen molar-refractivity contribution in [2.45, 2.75) is 33.1 Å². The Bertz CT molecular complexity index is 931. The molecule has 1 aliphatic heterocycles. The van der Waals surface area contributed by atoms with Crippen molar-refractivity contribution in [1.82, 2.24) is 4.98 Å². The van der Waals surface area contributed by atoms with E-state index in [4.69, 9.17) is 14.5 Å². The van der Waals surface area contributed by atoms with E-state index in [1.54, 1.807) is 0 Å². The molecule has 4 rings (SSSR count). The molecule has 0 amide bonds. The molecule has 0 spiro atoms. The van der Waals surface area contributed by atoms with Gasteiger partial charge in [-0.05, 0) is 41.7 Å². The van der Waals surface area contributed by atoms with E-state index in [1.165, 1.54) is 22.1 Å². The monoisotopic (exact) mass is 333 g/mol. The first kappa shape index (κ1) is 15.9. The van der Waals surface area contributed by atoms with Crippen LogP contribution in [-0.4, -0.2) is 18.2 Å². The Morgan fingerprint density at radius 3 is 2.72 bits per heavy atom. The average molecular weight is 333 g/mol. The van der Waals surface area contributed by atoms with Crippen molar-refractivity contribution in [3.05, 3.63) is 53.7 Å². The van der Waals surface area contributed by atoms with Crippen LogP contribution in [-0.2, 0) is 6.42 Å². The molecule has 128 valence electrons. The van der Waals surface area contributed by atoms with Crippen LogP contribution in [0.1, 0.15) is 37.8 Å². The molecule has 0 saturated heterocycles. The van der Waals surface area contributed by atoms with Gasteiger partial charge in [0.05, 0.1) is 5.52 Å². The third-order valence-electron chi connectivity index (χ3n) is 4.83. The molecule has 0 aliphatic carbocycles. The van der Waals surface area contributed by atoms with Crippen LogP contribution in [0.15, 0.2) is 42.6 Å². The first-order valence-electron chi connectivity index (χ1n) is 8.99. The van der Waals surface area contributed by atoms with Crippen LogP contribution in [0.2, 0.25) is 0 Å². The van der Waals surface area contributed by atoms with Crippen molar-refractivity contribution in [2.24, 2.45) is 0 Å².